The first-order chi connectivity index (χ1) is 11.0. The van der Waals surface area contributed by atoms with E-state index in [0.29, 0.717) is 17.3 Å². The number of carbonyl (C=O) groups excluding carboxylic acids is 2. The number of amides is 1. The Kier molecular flexibility index (Phi) is 4.68. The molecule has 118 valence electrons. The van der Waals surface area contributed by atoms with Crippen LogP contribution in [0.15, 0.2) is 53.0 Å². The molecule has 23 heavy (non-hydrogen) atoms. The molecule has 0 aromatic heterocycles. The number of ether oxygens (including phenoxy) is 1. The largest absolute Gasteiger partial charge is 0.425 e. The van der Waals surface area contributed by atoms with Crippen molar-refractivity contribution in [3.05, 3.63) is 58.0 Å². The van der Waals surface area contributed by atoms with E-state index in [1.807, 2.05) is 30.3 Å². The highest BCUT2D eigenvalue weighted by Gasteiger charge is 2.36. The molecule has 0 radical (unpaired) electrons. The average Bonchev–Trinajstić information content (AvgIpc) is 2.93. The van der Waals surface area contributed by atoms with E-state index < -0.39 is 11.9 Å². The van der Waals surface area contributed by atoms with Gasteiger partial charge in [-0.2, -0.15) is 0 Å². The fraction of sp³-hybridized carbons (Fsp3) is 0.176. The molecule has 3 rings (SSSR count). The molecule has 1 aliphatic rings. The van der Waals surface area contributed by atoms with Gasteiger partial charge in [-0.15, -0.1) is 0 Å². The van der Waals surface area contributed by atoms with Crippen LogP contribution in [0.5, 0.6) is 5.75 Å². The Morgan fingerprint density at radius 3 is 2.65 bits per heavy atom. The van der Waals surface area contributed by atoms with E-state index in [-0.39, 0.29) is 12.3 Å². The number of benzene rings is 2. The standard InChI is InChI=1S/C17H13BrClNO3/c18-12-6-7-15(14(19)9-12)23-17(22)11-8-16(21)20(10-11)13-4-2-1-3-5-13/h1-7,9,11H,8,10H2. The summed E-state index contributed by atoms with van der Waals surface area (Å²) in [6, 6.07) is 14.3. The van der Waals surface area contributed by atoms with Crippen LogP contribution in [0.25, 0.3) is 0 Å². The Morgan fingerprint density at radius 2 is 1.96 bits per heavy atom. The van der Waals surface area contributed by atoms with Crippen LogP contribution >= 0.6 is 27.5 Å². The smallest absolute Gasteiger partial charge is 0.316 e. The summed E-state index contributed by atoms with van der Waals surface area (Å²) in [5.41, 5.74) is 0.787. The summed E-state index contributed by atoms with van der Waals surface area (Å²) >= 11 is 9.34. The van der Waals surface area contributed by atoms with E-state index in [4.69, 9.17) is 16.3 Å². The van der Waals surface area contributed by atoms with Crippen molar-refractivity contribution >= 4 is 45.1 Å². The van der Waals surface area contributed by atoms with Crippen LogP contribution in [0.2, 0.25) is 5.02 Å². The molecule has 2 aromatic carbocycles. The Bertz CT molecular complexity index is 751. The Morgan fingerprint density at radius 1 is 1.22 bits per heavy atom. The van der Waals surface area contributed by atoms with Gasteiger partial charge < -0.3 is 9.64 Å². The van der Waals surface area contributed by atoms with Crippen LogP contribution in [0.4, 0.5) is 5.69 Å². The minimum atomic E-state index is -0.498. The lowest BCUT2D eigenvalue weighted by Gasteiger charge is -2.16. The third kappa shape index (κ3) is 3.57. The summed E-state index contributed by atoms with van der Waals surface area (Å²) in [6.45, 7) is 0.315. The zero-order chi connectivity index (χ0) is 16.4. The van der Waals surface area contributed by atoms with E-state index in [0.717, 1.165) is 10.2 Å². The molecular formula is C17H13BrClNO3. The first kappa shape index (κ1) is 16.0. The van der Waals surface area contributed by atoms with Crippen LogP contribution in [-0.2, 0) is 9.59 Å². The van der Waals surface area contributed by atoms with Gasteiger partial charge in [0, 0.05) is 23.1 Å². The van der Waals surface area contributed by atoms with Crippen molar-refractivity contribution in [2.75, 3.05) is 11.4 Å². The Hall–Kier alpha value is -1.85. The summed E-state index contributed by atoms with van der Waals surface area (Å²) in [4.78, 5) is 26.0. The molecule has 2 aromatic rings. The molecule has 0 N–H and O–H groups in total. The number of carbonyl (C=O) groups is 2. The van der Waals surface area contributed by atoms with Gasteiger partial charge >= 0.3 is 5.97 Å². The molecule has 0 bridgehead atoms. The van der Waals surface area contributed by atoms with Gasteiger partial charge in [-0.25, -0.2) is 0 Å². The fourth-order valence-electron chi connectivity index (χ4n) is 2.47. The van der Waals surface area contributed by atoms with Gasteiger partial charge in [-0.1, -0.05) is 45.7 Å². The van der Waals surface area contributed by atoms with E-state index >= 15 is 0 Å². The lowest BCUT2D eigenvalue weighted by Crippen LogP contribution is -2.27. The van der Waals surface area contributed by atoms with Crippen molar-refractivity contribution in [3.63, 3.8) is 0 Å². The molecule has 0 aliphatic carbocycles. The van der Waals surface area contributed by atoms with E-state index in [1.165, 1.54) is 0 Å². The molecule has 1 amide bonds. The average molecular weight is 395 g/mol. The van der Waals surface area contributed by atoms with E-state index in [2.05, 4.69) is 15.9 Å². The molecule has 0 spiro atoms. The molecule has 1 fully saturated rings. The maximum Gasteiger partial charge on any atom is 0.316 e. The zero-order valence-electron chi connectivity index (χ0n) is 12.0. The van der Waals surface area contributed by atoms with Crippen molar-refractivity contribution in [3.8, 4) is 5.75 Å². The van der Waals surface area contributed by atoms with E-state index in [9.17, 15) is 9.59 Å². The van der Waals surface area contributed by atoms with Crippen molar-refractivity contribution in [1.29, 1.82) is 0 Å². The number of rotatable bonds is 3. The summed E-state index contributed by atoms with van der Waals surface area (Å²) < 4.78 is 6.15. The summed E-state index contributed by atoms with van der Waals surface area (Å²) in [7, 11) is 0. The van der Waals surface area contributed by atoms with Gasteiger partial charge in [0.05, 0.1) is 10.9 Å². The first-order valence-corrected chi connectivity index (χ1v) is 8.24. The monoisotopic (exact) mass is 393 g/mol. The van der Waals surface area contributed by atoms with Crippen molar-refractivity contribution in [2.45, 2.75) is 6.42 Å². The number of esters is 1. The highest BCUT2D eigenvalue weighted by atomic mass is 79.9. The molecule has 1 aliphatic heterocycles. The van der Waals surface area contributed by atoms with Gasteiger partial charge in [0.25, 0.3) is 0 Å². The van der Waals surface area contributed by atoms with Crippen molar-refractivity contribution in [2.24, 2.45) is 5.92 Å². The van der Waals surface area contributed by atoms with Crippen LogP contribution in [0.1, 0.15) is 6.42 Å². The first-order valence-electron chi connectivity index (χ1n) is 7.07. The predicted molar refractivity (Wildman–Crippen MR) is 91.7 cm³/mol. The van der Waals surface area contributed by atoms with Gasteiger partial charge in [-0.3, -0.25) is 9.59 Å². The van der Waals surface area contributed by atoms with Gasteiger partial charge in [-0.05, 0) is 30.3 Å². The third-order valence-electron chi connectivity index (χ3n) is 3.63. The lowest BCUT2D eigenvalue weighted by molar-refractivity contribution is -0.139. The second kappa shape index (κ2) is 6.72. The zero-order valence-corrected chi connectivity index (χ0v) is 14.4. The summed E-state index contributed by atoms with van der Waals surface area (Å²) in [5.74, 6) is -0.728. The number of hydrogen-bond donors (Lipinski definition) is 0. The fourth-order valence-corrected chi connectivity index (χ4v) is 3.18. The van der Waals surface area contributed by atoms with Crippen LogP contribution in [-0.4, -0.2) is 18.4 Å². The second-order valence-corrected chi connectivity index (χ2v) is 6.56. The molecule has 1 atom stereocenters. The quantitative estimate of drug-likeness (QED) is 0.582. The lowest BCUT2D eigenvalue weighted by atomic mass is 10.1. The molecule has 0 saturated carbocycles. The topological polar surface area (TPSA) is 46.6 Å². The molecule has 1 unspecified atom stereocenters. The number of anilines is 1. The van der Waals surface area contributed by atoms with Crippen LogP contribution in [0, 0.1) is 5.92 Å². The highest BCUT2D eigenvalue weighted by molar-refractivity contribution is 9.10. The molecule has 1 saturated heterocycles. The van der Waals surface area contributed by atoms with Gasteiger partial charge in [0.2, 0.25) is 5.91 Å². The number of nitrogens with zero attached hydrogens (tertiary/aromatic N) is 1. The molecule has 4 nitrogen and oxygen atoms in total. The van der Waals surface area contributed by atoms with Crippen LogP contribution in [0.3, 0.4) is 0 Å². The van der Waals surface area contributed by atoms with Crippen molar-refractivity contribution in [1.82, 2.24) is 0 Å². The third-order valence-corrected chi connectivity index (χ3v) is 4.42. The number of hydrogen-bond acceptors (Lipinski definition) is 3. The van der Waals surface area contributed by atoms with E-state index in [1.54, 1.807) is 23.1 Å². The molecular weight excluding hydrogens is 382 g/mol. The number of halogens is 2. The molecule has 1 heterocycles. The van der Waals surface area contributed by atoms with Gasteiger partial charge in [0.15, 0.2) is 0 Å². The Balaban J connectivity index is 1.71. The number of para-hydroxylation sites is 1. The minimum Gasteiger partial charge on any atom is -0.425 e. The second-order valence-electron chi connectivity index (χ2n) is 5.24. The normalized spacial score (nSPS) is 17.4. The Labute approximate surface area is 147 Å². The molecule has 6 heteroatoms. The van der Waals surface area contributed by atoms with Crippen LogP contribution < -0.4 is 9.64 Å². The summed E-state index contributed by atoms with van der Waals surface area (Å²) in [5, 5.41) is 0.344. The van der Waals surface area contributed by atoms with Crippen molar-refractivity contribution < 1.29 is 14.3 Å². The maximum atomic E-state index is 12.3. The summed E-state index contributed by atoms with van der Waals surface area (Å²) in [6.07, 6.45) is 0.141. The highest BCUT2D eigenvalue weighted by Crippen LogP contribution is 2.30. The minimum absolute atomic E-state index is 0.0833. The predicted octanol–water partition coefficient (Wildman–Crippen LogP) is 4.06. The SMILES string of the molecule is O=C(Oc1ccc(Br)cc1Cl)C1CC(=O)N(c2ccccc2)C1. The van der Waals surface area contributed by atoms with Gasteiger partial charge in [0.1, 0.15) is 5.75 Å². The maximum absolute atomic E-state index is 12.3.